The standard InChI is InChI=1S/C12H16N2O4S/c15-10(6-8-7-18-4-3-13-8)14-11(12(16)17)9-2-1-5-19-9/h1-2,5,8,11,13H,3-4,6-7H2,(H,14,15)(H,16,17). The van der Waals surface area contributed by atoms with Crippen molar-refractivity contribution >= 4 is 23.2 Å². The molecule has 104 valence electrons. The van der Waals surface area contributed by atoms with Gasteiger partial charge in [-0.05, 0) is 11.4 Å². The van der Waals surface area contributed by atoms with Crippen LogP contribution in [-0.2, 0) is 14.3 Å². The number of thiophene rings is 1. The third kappa shape index (κ3) is 4.02. The third-order valence-corrected chi connectivity index (χ3v) is 3.75. The summed E-state index contributed by atoms with van der Waals surface area (Å²) in [6.45, 7) is 1.83. The lowest BCUT2D eigenvalue weighted by molar-refractivity contribution is -0.142. The van der Waals surface area contributed by atoms with Gasteiger partial charge < -0.3 is 20.5 Å². The molecule has 2 heterocycles. The van der Waals surface area contributed by atoms with Gasteiger partial charge in [-0.3, -0.25) is 4.79 Å². The molecule has 7 heteroatoms. The molecular weight excluding hydrogens is 268 g/mol. The normalized spacial score (nSPS) is 20.7. The summed E-state index contributed by atoms with van der Waals surface area (Å²) in [5.41, 5.74) is 0. The number of ether oxygens (including phenoxy) is 1. The maximum absolute atomic E-state index is 11.9. The summed E-state index contributed by atoms with van der Waals surface area (Å²) in [5.74, 6) is -1.34. The van der Waals surface area contributed by atoms with E-state index in [1.54, 1.807) is 17.5 Å². The lowest BCUT2D eigenvalue weighted by atomic mass is 10.1. The number of amides is 1. The van der Waals surface area contributed by atoms with E-state index in [2.05, 4.69) is 10.6 Å². The van der Waals surface area contributed by atoms with E-state index in [0.717, 1.165) is 0 Å². The van der Waals surface area contributed by atoms with E-state index in [1.807, 2.05) is 0 Å². The molecule has 1 aliphatic heterocycles. The molecule has 6 nitrogen and oxygen atoms in total. The first-order chi connectivity index (χ1) is 9.16. The number of carbonyl (C=O) groups excluding carboxylic acids is 1. The van der Waals surface area contributed by atoms with E-state index in [9.17, 15) is 9.59 Å². The largest absolute Gasteiger partial charge is 0.479 e. The van der Waals surface area contributed by atoms with Crippen molar-refractivity contribution in [3.8, 4) is 0 Å². The molecular formula is C12H16N2O4S. The fourth-order valence-electron chi connectivity index (χ4n) is 1.90. The first kappa shape index (κ1) is 14.0. The van der Waals surface area contributed by atoms with Crippen LogP contribution in [0.5, 0.6) is 0 Å². The van der Waals surface area contributed by atoms with Gasteiger partial charge in [-0.2, -0.15) is 0 Å². The molecule has 1 aromatic rings. The molecule has 0 aromatic carbocycles. The van der Waals surface area contributed by atoms with Gasteiger partial charge in [0.15, 0.2) is 6.04 Å². The van der Waals surface area contributed by atoms with Crippen LogP contribution in [0, 0.1) is 0 Å². The van der Waals surface area contributed by atoms with Crippen molar-refractivity contribution in [3.63, 3.8) is 0 Å². The summed E-state index contributed by atoms with van der Waals surface area (Å²) in [4.78, 5) is 23.7. The monoisotopic (exact) mass is 284 g/mol. The summed E-state index contributed by atoms with van der Waals surface area (Å²) < 4.78 is 5.25. The SMILES string of the molecule is O=C(CC1COCCN1)NC(C(=O)O)c1cccs1. The second-order valence-corrected chi connectivity index (χ2v) is 5.26. The van der Waals surface area contributed by atoms with Crippen molar-refractivity contribution in [2.24, 2.45) is 0 Å². The van der Waals surface area contributed by atoms with Gasteiger partial charge in [0.05, 0.1) is 13.2 Å². The van der Waals surface area contributed by atoms with Crippen LogP contribution in [-0.4, -0.2) is 42.8 Å². The molecule has 1 aromatic heterocycles. The molecule has 1 fully saturated rings. The zero-order valence-electron chi connectivity index (χ0n) is 10.3. The van der Waals surface area contributed by atoms with E-state index in [-0.39, 0.29) is 18.4 Å². The highest BCUT2D eigenvalue weighted by atomic mass is 32.1. The second kappa shape index (κ2) is 6.65. The zero-order valence-corrected chi connectivity index (χ0v) is 11.1. The number of rotatable bonds is 5. The van der Waals surface area contributed by atoms with E-state index in [0.29, 0.717) is 24.6 Å². The zero-order chi connectivity index (χ0) is 13.7. The van der Waals surface area contributed by atoms with E-state index in [1.165, 1.54) is 11.3 Å². The average Bonchev–Trinajstić information content (AvgIpc) is 2.90. The predicted octanol–water partition coefficient (Wildman–Crippen LogP) is 0.369. The number of hydrogen-bond acceptors (Lipinski definition) is 5. The Bertz CT molecular complexity index is 429. The molecule has 1 saturated heterocycles. The highest BCUT2D eigenvalue weighted by molar-refractivity contribution is 7.10. The van der Waals surface area contributed by atoms with Crippen LogP contribution in [0.4, 0.5) is 0 Å². The Morgan fingerprint density at radius 1 is 1.63 bits per heavy atom. The number of aliphatic carboxylic acids is 1. The molecule has 0 saturated carbocycles. The topological polar surface area (TPSA) is 87.7 Å². The van der Waals surface area contributed by atoms with Crippen molar-refractivity contribution in [1.29, 1.82) is 0 Å². The van der Waals surface area contributed by atoms with Gasteiger partial charge >= 0.3 is 5.97 Å². The van der Waals surface area contributed by atoms with Crippen molar-refractivity contribution in [3.05, 3.63) is 22.4 Å². The molecule has 0 radical (unpaired) electrons. The van der Waals surface area contributed by atoms with Crippen LogP contribution in [0.2, 0.25) is 0 Å². The molecule has 19 heavy (non-hydrogen) atoms. The van der Waals surface area contributed by atoms with Gasteiger partial charge in [-0.1, -0.05) is 6.07 Å². The Morgan fingerprint density at radius 2 is 2.47 bits per heavy atom. The summed E-state index contributed by atoms with van der Waals surface area (Å²) in [5, 5.41) is 16.6. The Hall–Kier alpha value is -1.44. The molecule has 1 aliphatic rings. The number of nitrogens with one attached hydrogen (secondary N) is 2. The van der Waals surface area contributed by atoms with Crippen molar-refractivity contribution in [1.82, 2.24) is 10.6 Å². The summed E-state index contributed by atoms with van der Waals surface area (Å²) >= 11 is 1.31. The first-order valence-corrected chi connectivity index (χ1v) is 6.91. The van der Waals surface area contributed by atoms with Gasteiger partial charge in [0, 0.05) is 23.9 Å². The number of carboxylic acid groups (broad SMARTS) is 1. The van der Waals surface area contributed by atoms with Crippen molar-refractivity contribution in [2.45, 2.75) is 18.5 Å². The van der Waals surface area contributed by atoms with Crippen LogP contribution in [0.15, 0.2) is 17.5 Å². The van der Waals surface area contributed by atoms with Gasteiger partial charge in [0.2, 0.25) is 5.91 Å². The maximum atomic E-state index is 11.9. The van der Waals surface area contributed by atoms with Crippen LogP contribution < -0.4 is 10.6 Å². The quantitative estimate of drug-likeness (QED) is 0.727. The van der Waals surface area contributed by atoms with E-state index >= 15 is 0 Å². The summed E-state index contributed by atoms with van der Waals surface area (Å²) in [7, 11) is 0. The molecule has 0 spiro atoms. The smallest absolute Gasteiger partial charge is 0.331 e. The Balaban J connectivity index is 1.90. The van der Waals surface area contributed by atoms with Crippen molar-refractivity contribution < 1.29 is 19.4 Å². The average molecular weight is 284 g/mol. The Kier molecular flexibility index (Phi) is 4.89. The summed E-state index contributed by atoms with van der Waals surface area (Å²) in [6, 6.07) is 2.44. The number of morpholine rings is 1. The fourth-order valence-corrected chi connectivity index (χ4v) is 2.67. The highest BCUT2D eigenvalue weighted by Gasteiger charge is 2.25. The minimum Gasteiger partial charge on any atom is -0.479 e. The molecule has 2 rings (SSSR count). The highest BCUT2D eigenvalue weighted by Crippen LogP contribution is 2.19. The van der Waals surface area contributed by atoms with E-state index < -0.39 is 12.0 Å². The van der Waals surface area contributed by atoms with Gasteiger partial charge in [0.25, 0.3) is 0 Å². The third-order valence-electron chi connectivity index (χ3n) is 2.81. The van der Waals surface area contributed by atoms with Gasteiger partial charge in [-0.25, -0.2) is 4.79 Å². The molecule has 2 atom stereocenters. The van der Waals surface area contributed by atoms with Crippen LogP contribution >= 0.6 is 11.3 Å². The lowest BCUT2D eigenvalue weighted by Gasteiger charge is -2.23. The number of carbonyl (C=O) groups is 2. The van der Waals surface area contributed by atoms with Crippen LogP contribution in [0.25, 0.3) is 0 Å². The van der Waals surface area contributed by atoms with Crippen LogP contribution in [0.1, 0.15) is 17.3 Å². The fraction of sp³-hybridized carbons (Fsp3) is 0.500. The lowest BCUT2D eigenvalue weighted by Crippen LogP contribution is -2.45. The molecule has 0 aliphatic carbocycles. The number of carboxylic acids is 1. The van der Waals surface area contributed by atoms with Gasteiger partial charge in [-0.15, -0.1) is 11.3 Å². The number of hydrogen-bond donors (Lipinski definition) is 3. The molecule has 3 N–H and O–H groups in total. The molecule has 2 unspecified atom stereocenters. The predicted molar refractivity (Wildman–Crippen MR) is 70.1 cm³/mol. The minimum absolute atomic E-state index is 0.0495. The van der Waals surface area contributed by atoms with Crippen LogP contribution in [0.3, 0.4) is 0 Å². The van der Waals surface area contributed by atoms with E-state index in [4.69, 9.17) is 9.84 Å². The molecule has 1 amide bonds. The maximum Gasteiger partial charge on any atom is 0.331 e. The molecule has 0 bridgehead atoms. The Labute approximate surface area is 114 Å². The summed E-state index contributed by atoms with van der Waals surface area (Å²) in [6.07, 6.45) is 0.217. The minimum atomic E-state index is -1.05. The first-order valence-electron chi connectivity index (χ1n) is 6.03. The van der Waals surface area contributed by atoms with Gasteiger partial charge in [0.1, 0.15) is 0 Å². The van der Waals surface area contributed by atoms with Crippen molar-refractivity contribution in [2.75, 3.05) is 19.8 Å². The second-order valence-electron chi connectivity index (χ2n) is 4.28. The Morgan fingerprint density at radius 3 is 3.05 bits per heavy atom.